The lowest BCUT2D eigenvalue weighted by molar-refractivity contribution is 0.160. The summed E-state index contributed by atoms with van der Waals surface area (Å²) in [6.45, 7) is 3.28. The monoisotopic (exact) mass is 219 g/mol. The van der Waals surface area contributed by atoms with Crippen LogP contribution in [-0.2, 0) is 6.54 Å². The number of rotatable bonds is 6. The van der Waals surface area contributed by atoms with Crippen molar-refractivity contribution in [3.8, 4) is 6.07 Å². The third kappa shape index (κ3) is 4.39. The summed E-state index contributed by atoms with van der Waals surface area (Å²) in [6.07, 6.45) is 3.13. The van der Waals surface area contributed by atoms with Gasteiger partial charge in [0.15, 0.2) is 0 Å². The predicted molar refractivity (Wildman–Crippen MR) is 61.6 cm³/mol. The average Bonchev–Trinajstić information content (AvgIpc) is 2.30. The van der Waals surface area contributed by atoms with E-state index in [9.17, 15) is 5.11 Å². The normalized spacial score (nSPS) is 12.1. The fraction of sp³-hybridized carbons (Fsp3) is 0.500. The van der Waals surface area contributed by atoms with Crippen LogP contribution in [-0.4, -0.2) is 22.7 Å². The van der Waals surface area contributed by atoms with E-state index in [2.05, 4.69) is 10.3 Å². The summed E-state index contributed by atoms with van der Waals surface area (Å²) in [6, 6.07) is 5.61. The highest BCUT2D eigenvalue weighted by Crippen LogP contribution is 2.01. The van der Waals surface area contributed by atoms with Crippen LogP contribution in [0.15, 0.2) is 18.3 Å². The van der Waals surface area contributed by atoms with Gasteiger partial charge >= 0.3 is 0 Å². The van der Waals surface area contributed by atoms with Gasteiger partial charge in [0.05, 0.1) is 6.10 Å². The summed E-state index contributed by atoms with van der Waals surface area (Å²) in [4.78, 5) is 3.89. The number of hydrogen-bond donors (Lipinski definition) is 2. The standard InChI is InChI=1S/C12H17N3O/c1-2-3-12(16)9-14-8-10-4-5-15-11(6-10)7-13/h4-6,12,14,16H,2-3,8-9H2,1H3. The van der Waals surface area contributed by atoms with Crippen molar-refractivity contribution in [2.24, 2.45) is 0 Å². The first-order valence-corrected chi connectivity index (χ1v) is 5.50. The van der Waals surface area contributed by atoms with Crippen LogP contribution in [0, 0.1) is 11.3 Å². The van der Waals surface area contributed by atoms with Gasteiger partial charge in [0, 0.05) is 19.3 Å². The number of pyridine rings is 1. The van der Waals surface area contributed by atoms with E-state index >= 15 is 0 Å². The van der Waals surface area contributed by atoms with Crippen molar-refractivity contribution in [3.63, 3.8) is 0 Å². The van der Waals surface area contributed by atoms with E-state index < -0.39 is 0 Å². The maximum Gasteiger partial charge on any atom is 0.140 e. The molecule has 16 heavy (non-hydrogen) atoms. The van der Waals surface area contributed by atoms with Crippen LogP contribution in [0.1, 0.15) is 31.0 Å². The fourth-order valence-electron chi connectivity index (χ4n) is 1.46. The van der Waals surface area contributed by atoms with E-state index in [1.54, 1.807) is 12.3 Å². The Kier molecular flexibility index (Phi) is 5.48. The zero-order valence-corrected chi connectivity index (χ0v) is 9.48. The van der Waals surface area contributed by atoms with Gasteiger partial charge in [-0.15, -0.1) is 0 Å². The Labute approximate surface area is 95.9 Å². The summed E-state index contributed by atoms with van der Waals surface area (Å²) in [5, 5.41) is 21.3. The highest BCUT2D eigenvalue weighted by atomic mass is 16.3. The van der Waals surface area contributed by atoms with Crippen molar-refractivity contribution in [2.45, 2.75) is 32.4 Å². The van der Waals surface area contributed by atoms with Crippen LogP contribution in [0.5, 0.6) is 0 Å². The second kappa shape index (κ2) is 6.94. The molecule has 86 valence electrons. The molecule has 0 fully saturated rings. The summed E-state index contributed by atoms with van der Waals surface area (Å²) in [5.41, 5.74) is 1.43. The summed E-state index contributed by atoms with van der Waals surface area (Å²) >= 11 is 0. The van der Waals surface area contributed by atoms with Crippen molar-refractivity contribution < 1.29 is 5.11 Å². The van der Waals surface area contributed by atoms with Gasteiger partial charge in [-0.1, -0.05) is 13.3 Å². The molecule has 0 spiro atoms. The van der Waals surface area contributed by atoms with Gasteiger partial charge in [-0.25, -0.2) is 4.98 Å². The number of nitriles is 1. The summed E-state index contributed by atoms with van der Waals surface area (Å²) < 4.78 is 0. The molecule has 1 heterocycles. The summed E-state index contributed by atoms with van der Waals surface area (Å²) in [7, 11) is 0. The van der Waals surface area contributed by atoms with Crippen molar-refractivity contribution in [3.05, 3.63) is 29.6 Å². The lowest BCUT2D eigenvalue weighted by Crippen LogP contribution is -2.26. The molecule has 0 bridgehead atoms. The number of aliphatic hydroxyl groups is 1. The molecule has 1 aromatic rings. The van der Waals surface area contributed by atoms with Gasteiger partial charge in [0.1, 0.15) is 11.8 Å². The molecule has 2 N–H and O–H groups in total. The Morgan fingerprint density at radius 3 is 3.12 bits per heavy atom. The number of nitrogens with zero attached hydrogens (tertiary/aromatic N) is 2. The first-order valence-electron chi connectivity index (χ1n) is 5.50. The smallest absolute Gasteiger partial charge is 0.140 e. The zero-order chi connectivity index (χ0) is 11.8. The molecule has 0 aromatic carbocycles. The van der Waals surface area contributed by atoms with Crippen LogP contribution in [0.3, 0.4) is 0 Å². The second-order valence-electron chi connectivity index (χ2n) is 3.73. The van der Waals surface area contributed by atoms with Crippen LogP contribution < -0.4 is 5.32 Å². The minimum atomic E-state index is -0.290. The fourth-order valence-corrected chi connectivity index (χ4v) is 1.46. The first-order chi connectivity index (χ1) is 7.76. The lowest BCUT2D eigenvalue weighted by Gasteiger charge is -2.10. The van der Waals surface area contributed by atoms with Crippen LogP contribution in [0.25, 0.3) is 0 Å². The maximum atomic E-state index is 9.50. The molecule has 0 amide bonds. The molecule has 1 rings (SSSR count). The van der Waals surface area contributed by atoms with E-state index in [1.807, 2.05) is 19.1 Å². The number of aromatic nitrogens is 1. The number of nitrogens with one attached hydrogen (secondary N) is 1. The number of hydrogen-bond acceptors (Lipinski definition) is 4. The molecule has 4 heteroatoms. The zero-order valence-electron chi connectivity index (χ0n) is 9.48. The highest BCUT2D eigenvalue weighted by molar-refractivity contribution is 5.25. The second-order valence-corrected chi connectivity index (χ2v) is 3.73. The quantitative estimate of drug-likeness (QED) is 0.754. The Morgan fingerprint density at radius 1 is 1.62 bits per heavy atom. The topological polar surface area (TPSA) is 68.9 Å². The maximum absolute atomic E-state index is 9.50. The van der Waals surface area contributed by atoms with Crippen molar-refractivity contribution in [1.29, 1.82) is 5.26 Å². The van der Waals surface area contributed by atoms with Gasteiger partial charge < -0.3 is 10.4 Å². The predicted octanol–water partition coefficient (Wildman–Crippen LogP) is 1.20. The third-order valence-corrected chi connectivity index (χ3v) is 2.27. The first kappa shape index (κ1) is 12.6. The molecule has 4 nitrogen and oxygen atoms in total. The SMILES string of the molecule is CCCC(O)CNCc1ccnc(C#N)c1. The molecule has 0 aliphatic heterocycles. The number of aliphatic hydroxyl groups excluding tert-OH is 1. The van der Waals surface area contributed by atoms with Gasteiger partial charge in [-0.2, -0.15) is 5.26 Å². The van der Waals surface area contributed by atoms with Crippen molar-refractivity contribution in [2.75, 3.05) is 6.54 Å². The molecule has 0 radical (unpaired) electrons. The van der Waals surface area contributed by atoms with Gasteiger partial charge in [0.25, 0.3) is 0 Å². The van der Waals surface area contributed by atoms with Gasteiger partial charge in [0.2, 0.25) is 0 Å². The minimum Gasteiger partial charge on any atom is -0.392 e. The van der Waals surface area contributed by atoms with Crippen molar-refractivity contribution >= 4 is 0 Å². The van der Waals surface area contributed by atoms with E-state index in [0.29, 0.717) is 18.8 Å². The molecule has 1 atom stereocenters. The van der Waals surface area contributed by atoms with E-state index in [0.717, 1.165) is 18.4 Å². The van der Waals surface area contributed by atoms with Crippen LogP contribution in [0.2, 0.25) is 0 Å². The molecule has 0 saturated heterocycles. The average molecular weight is 219 g/mol. The third-order valence-electron chi connectivity index (χ3n) is 2.27. The molecule has 0 aliphatic rings. The molecule has 1 unspecified atom stereocenters. The summed E-state index contributed by atoms with van der Waals surface area (Å²) in [5.74, 6) is 0. The van der Waals surface area contributed by atoms with Gasteiger partial charge in [-0.05, 0) is 24.1 Å². The van der Waals surface area contributed by atoms with E-state index in [4.69, 9.17) is 5.26 Å². The highest BCUT2D eigenvalue weighted by Gasteiger charge is 2.02. The van der Waals surface area contributed by atoms with E-state index in [-0.39, 0.29) is 6.10 Å². The molecular formula is C12H17N3O. The van der Waals surface area contributed by atoms with Gasteiger partial charge in [-0.3, -0.25) is 0 Å². The molecule has 1 aromatic heterocycles. The molecule has 0 aliphatic carbocycles. The largest absolute Gasteiger partial charge is 0.392 e. The lowest BCUT2D eigenvalue weighted by atomic mass is 10.2. The molecule has 0 saturated carbocycles. The Hall–Kier alpha value is -1.44. The van der Waals surface area contributed by atoms with Crippen LogP contribution in [0.4, 0.5) is 0 Å². The van der Waals surface area contributed by atoms with Crippen LogP contribution >= 0.6 is 0 Å². The Morgan fingerprint density at radius 2 is 2.44 bits per heavy atom. The Balaban J connectivity index is 2.34. The van der Waals surface area contributed by atoms with Crippen molar-refractivity contribution in [1.82, 2.24) is 10.3 Å². The Bertz CT molecular complexity index is 360. The molecular weight excluding hydrogens is 202 g/mol. The minimum absolute atomic E-state index is 0.290. The van der Waals surface area contributed by atoms with E-state index in [1.165, 1.54) is 0 Å².